The Hall–Kier alpha value is -1.50. The average molecular weight is 586 g/mol. The van der Waals surface area contributed by atoms with Gasteiger partial charge in [-0.15, -0.1) is 0 Å². The molecule has 8 heteroatoms. The van der Waals surface area contributed by atoms with E-state index in [2.05, 4.69) is 78.4 Å². The highest BCUT2D eigenvalue weighted by Gasteiger charge is 2.20. The number of hydrogen-bond donors (Lipinski definition) is 2. The Bertz CT molecular complexity index is 700. The average Bonchev–Trinajstić information content (AvgIpc) is 2.94. The van der Waals surface area contributed by atoms with Gasteiger partial charge in [0, 0.05) is 13.0 Å². The summed E-state index contributed by atoms with van der Waals surface area (Å²) >= 11 is 0. The molecule has 3 N–H and O–H groups in total. The molecule has 1 unspecified atom stereocenters. The molecular formula is C32H60NO6P. The van der Waals surface area contributed by atoms with Gasteiger partial charge in [-0.25, -0.2) is 4.57 Å². The number of allylic oxidation sites excluding steroid dienone is 8. The second-order valence-electron chi connectivity index (χ2n) is 9.54. The van der Waals surface area contributed by atoms with Crippen LogP contribution in [0.4, 0.5) is 0 Å². The van der Waals surface area contributed by atoms with Gasteiger partial charge in [0.05, 0.1) is 13.2 Å². The maximum atomic E-state index is 11.6. The first-order valence-corrected chi connectivity index (χ1v) is 17.0. The summed E-state index contributed by atoms with van der Waals surface area (Å²) in [6.45, 7) is 6.46. The summed E-state index contributed by atoms with van der Waals surface area (Å²) in [5.74, 6) is -0.361. The molecule has 0 rings (SSSR count). The predicted molar refractivity (Wildman–Crippen MR) is 169 cm³/mol. The lowest BCUT2D eigenvalue weighted by atomic mass is 10.1. The lowest BCUT2D eigenvalue weighted by molar-refractivity contribution is -0.144. The van der Waals surface area contributed by atoms with Crippen LogP contribution in [0.25, 0.3) is 0 Å². The summed E-state index contributed by atoms with van der Waals surface area (Å²) in [4.78, 5) is 20.9. The molecule has 0 spiro atoms. The van der Waals surface area contributed by atoms with Crippen LogP contribution in [0.3, 0.4) is 0 Å². The summed E-state index contributed by atoms with van der Waals surface area (Å²) < 4.78 is 25.5. The summed E-state index contributed by atoms with van der Waals surface area (Å²) in [5.41, 5.74) is 5.17. The molecule has 0 radical (unpaired) electrons. The maximum absolute atomic E-state index is 11.6. The summed E-state index contributed by atoms with van der Waals surface area (Å²) in [7, 11) is -4.12. The Morgan fingerprint density at radius 1 is 0.650 bits per heavy atom. The van der Waals surface area contributed by atoms with Crippen LogP contribution < -0.4 is 5.73 Å². The van der Waals surface area contributed by atoms with E-state index in [-0.39, 0.29) is 32.3 Å². The van der Waals surface area contributed by atoms with Crippen molar-refractivity contribution in [3.05, 3.63) is 48.6 Å². The number of esters is 1. The first kappa shape index (κ1) is 40.6. The molecular weight excluding hydrogens is 525 g/mol. The molecule has 0 fully saturated rings. The van der Waals surface area contributed by atoms with Crippen LogP contribution >= 0.6 is 7.82 Å². The predicted octanol–water partition coefficient (Wildman–Crippen LogP) is 9.13. The van der Waals surface area contributed by atoms with Gasteiger partial charge in [0.15, 0.2) is 0 Å². The number of ether oxygens (including phenoxy) is 1. The second-order valence-corrected chi connectivity index (χ2v) is 11.0. The van der Waals surface area contributed by atoms with Gasteiger partial charge in [0.1, 0.15) is 6.61 Å². The van der Waals surface area contributed by atoms with E-state index in [1.807, 2.05) is 0 Å². The second kappa shape index (κ2) is 33.7. The van der Waals surface area contributed by atoms with Crippen LogP contribution in [0.5, 0.6) is 0 Å². The number of phosphoric ester groups is 1. The fraction of sp³-hybridized carbons (Fsp3) is 0.719. The largest absolute Gasteiger partial charge is 0.472 e. The quantitative estimate of drug-likeness (QED) is 0.0451. The van der Waals surface area contributed by atoms with E-state index in [4.69, 9.17) is 10.5 Å². The van der Waals surface area contributed by atoms with Gasteiger partial charge < -0.3 is 15.4 Å². The van der Waals surface area contributed by atoms with Crippen molar-refractivity contribution in [1.29, 1.82) is 0 Å². The van der Waals surface area contributed by atoms with Gasteiger partial charge in [0.2, 0.25) is 0 Å². The van der Waals surface area contributed by atoms with Crippen molar-refractivity contribution in [2.24, 2.45) is 5.73 Å². The third kappa shape index (κ3) is 36.5. The highest BCUT2D eigenvalue weighted by Crippen LogP contribution is 2.42. The fourth-order valence-corrected chi connectivity index (χ4v) is 4.08. The topological polar surface area (TPSA) is 108 Å². The summed E-state index contributed by atoms with van der Waals surface area (Å²) in [6.07, 6.45) is 35.4. The van der Waals surface area contributed by atoms with Crippen molar-refractivity contribution in [3.8, 4) is 0 Å². The number of carbonyl (C=O) groups is 1. The van der Waals surface area contributed by atoms with Gasteiger partial charge in [-0.1, -0.05) is 121 Å². The molecule has 0 aromatic carbocycles. The number of carbonyl (C=O) groups excluding carboxylic acids is 1. The van der Waals surface area contributed by atoms with Crippen molar-refractivity contribution in [2.75, 3.05) is 26.4 Å². The van der Waals surface area contributed by atoms with E-state index < -0.39 is 7.82 Å². The molecule has 0 aliphatic heterocycles. The molecule has 0 aromatic rings. The molecule has 0 saturated heterocycles. The van der Waals surface area contributed by atoms with E-state index in [0.717, 1.165) is 25.7 Å². The van der Waals surface area contributed by atoms with Crippen LogP contribution in [0.15, 0.2) is 48.6 Å². The first-order valence-electron chi connectivity index (χ1n) is 15.5. The molecule has 0 saturated carbocycles. The Balaban J connectivity index is 0. The molecule has 0 amide bonds. The number of nitrogens with two attached hydrogens (primary N) is 1. The third-order valence-electron chi connectivity index (χ3n) is 5.64. The molecule has 1 atom stereocenters. The van der Waals surface area contributed by atoms with Crippen molar-refractivity contribution >= 4 is 13.8 Å². The van der Waals surface area contributed by atoms with E-state index in [0.29, 0.717) is 12.8 Å². The van der Waals surface area contributed by atoms with Crippen LogP contribution in [0, 0.1) is 0 Å². The van der Waals surface area contributed by atoms with Crippen molar-refractivity contribution in [3.63, 3.8) is 0 Å². The molecule has 7 nitrogen and oxygen atoms in total. The van der Waals surface area contributed by atoms with Gasteiger partial charge in [-0.05, 0) is 44.9 Å². The summed E-state index contributed by atoms with van der Waals surface area (Å²) in [6, 6.07) is 0. The zero-order valence-corrected chi connectivity index (χ0v) is 26.7. The highest BCUT2D eigenvalue weighted by atomic mass is 31.2. The molecule has 40 heavy (non-hydrogen) atoms. The number of unbranched alkanes of at least 4 members (excludes halogenated alkanes) is 9. The Morgan fingerprint density at radius 3 is 1.60 bits per heavy atom. The normalized spacial score (nSPS) is 13.3. The van der Waals surface area contributed by atoms with Crippen molar-refractivity contribution < 1.29 is 28.0 Å². The number of hydrogen-bond acceptors (Lipinski definition) is 6. The van der Waals surface area contributed by atoms with E-state index >= 15 is 0 Å². The van der Waals surface area contributed by atoms with E-state index in [9.17, 15) is 14.3 Å². The Labute approximate surface area is 245 Å². The van der Waals surface area contributed by atoms with Crippen LogP contribution in [0.2, 0.25) is 0 Å². The van der Waals surface area contributed by atoms with E-state index in [1.165, 1.54) is 64.2 Å². The number of phosphoric acid groups is 1. The molecule has 0 aromatic heterocycles. The highest BCUT2D eigenvalue weighted by molar-refractivity contribution is 7.47. The lowest BCUT2D eigenvalue weighted by Gasteiger charge is -2.11. The van der Waals surface area contributed by atoms with Crippen molar-refractivity contribution in [2.45, 2.75) is 124 Å². The van der Waals surface area contributed by atoms with Gasteiger partial charge in [-0.2, -0.15) is 0 Å². The van der Waals surface area contributed by atoms with Gasteiger partial charge >= 0.3 is 13.8 Å². The maximum Gasteiger partial charge on any atom is 0.472 e. The molecule has 0 aliphatic carbocycles. The standard InChI is InChI=1S/C24H42NO6P.C8H18/c1-2-3-4-5-6-7-8-9-10-11-12-13-14-15-16-17-18-19-24(26)29-22-23-31-32(27,28)30-21-20-25;1-3-5-7-8-6-4-2/h6-7,9-10,12-13,15-16H,2-5,8,11,14,17-23,25H2,1H3,(H,27,28);3-8H2,1-2H3/b7-6+,10-9+,13-12-,16-15+;. The van der Waals surface area contributed by atoms with E-state index in [1.54, 1.807) is 0 Å². The van der Waals surface area contributed by atoms with Crippen LogP contribution in [-0.2, 0) is 23.1 Å². The zero-order valence-electron chi connectivity index (χ0n) is 25.8. The zero-order chi connectivity index (χ0) is 30.0. The van der Waals surface area contributed by atoms with Gasteiger partial charge in [0.25, 0.3) is 0 Å². The monoisotopic (exact) mass is 585 g/mol. The SMILES string of the molecule is CCCCC/C=C/C/C=C/C/C=C\C/C=C/CCCC(=O)OCCOP(=O)(O)OCCN.CCCCCCCC. The summed E-state index contributed by atoms with van der Waals surface area (Å²) in [5, 5.41) is 0. The molecule has 0 heterocycles. The molecule has 0 bridgehead atoms. The lowest BCUT2D eigenvalue weighted by Crippen LogP contribution is -2.12. The smallest absolute Gasteiger partial charge is 0.463 e. The minimum atomic E-state index is -4.12. The van der Waals surface area contributed by atoms with Crippen molar-refractivity contribution in [1.82, 2.24) is 0 Å². The van der Waals surface area contributed by atoms with Gasteiger partial charge in [-0.3, -0.25) is 13.8 Å². The Morgan fingerprint density at radius 2 is 1.10 bits per heavy atom. The minimum absolute atomic E-state index is 0.0783. The van der Waals surface area contributed by atoms with Crippen LogP contribution in [-0.4, -0.2) is 37.2 Å². The first-order chi connectivity index (χ1) is 19.4. The molecule has 0 aliphatic rings. The fourth-order valence-electron chi connectivity index (χ4n) is 3.36. The Kier molecular flexibility index (Phi) is 34.2. The minimum Gasteiger partial charge on any atom is -0.463 e. The third-order valence-corrected chi connectivity index (χ3v) is 6.66. The number of rotatable bonds is 26. The van der Waals surface area contributed by atoms with Crippen LogP contribution in [0.1, 0.15) is 124 Å². The molecule has 234 valence electrons.